The van der Waals surface area contributed by atoms with Crippen LogP contribution in [-0.4, -0.2) is 57.9 Å². The Morgan fingerprint density at radius 3 is 2.61 bits per heavy atom. The molecule has 1 aromatic heterocycles. The van der Waals surface area contributed by atoms with Crippen LogP contribution in [0.5, 0.6) is 0 Å². The second-order valence-corrected chi connectivity index (χ2v) is 9.10. The molecule has 28 heavy (non-hydrogen) atoms. The van der Waals surface area contributed by atoms with Crippen molar-refractivity contribution in [3.8, 4) is 11.8 Å². The highest BCUT2D eigenvalue weighted by atomic mass is 32.1. The molecule has 2 N–H and O–H groups in total. The van der Waals surface area contributed by atoms with Crippen LogP contribution in [-0.2, 0) is 13.1 Å². The molecule has 1 atom stereocenters. The molecule has 0 spiro atoms. The Morgan fingerprint density at radius 2 is 1.89 bits per heavy atom. The Kier molecular flexibility index (Phi) is 7.28. The molecule has 1 fully saturated rings. The molecule has 0 saturated carbocycles. The topological polar surface area (TPSA) is 46.9 Å². The number of nitrogens with zero attached hydrogens (tertiary/aromatic N) is 2. The van der Waals surface area contributed by atoms with Crippen molar-refractivity contribution in [3.63, 3.8) is 0 Å². The molecule has 5 heteroatoms. The average Bonchev–Trinajstić information content (AvgIpc) is 3.10. The van der Waals surface area contributed by atoms with Gasteiger partial charge in [-0.2, -0.15) is 0 Å². The zero-order chi connectivity index (χ0) is 20.0. The first-order valence-corrected chi connectivity index (χ1v) is 10.7. The highest BCUT2D eigenvalue weighted by molar-refractivity contribution is 7.12. The summed E-state index contributed by atoms with van der Waals surface area (Å²) in [6.45, 7) is 8.48. The summed E-state index contributed by atoms with van der Waals surface area (Å²) in [5.74, 6) is 5.94. The maximum absolute atomic E-state index is 9.75. The molecule has 1 aliphatic rings. The SMILES string of the molecule is CC(C)(O)C#Cc1ccc(CN2CCN(Cc3ccccc3)[C@H](CCO)C2)s1. The molecular formula is C23H30N2O2S. The molecule has 1 saturated heterocycles. The molecular weight excluding hydrogens is 368 g/mol. The van der Waals surface area contributed by atoms with E-state index in [4.69, 9.17) is 0 Å². The third-order valence-corrected chi connectivity index (χ3v) is 5.90. The predicted octanol–water partition coefficient (Wildman–Crippen LogP) is 2.94. The molecule has 150 valence electrons. The lowest BCUT2D eigenvalue weighted by molar-refractivity contribution is 0.0504. The first-order valence-electron chi connectivity index (χ1n) is 9.88. The lowest BCUT2D eigenvalue weighted by Crippen LogP contribution is -2.52. The average molecular weight is 399 g/mol. The fraction of sp³-hybridized carbons (Fsp3) is 0.478. The number of piperazine rings is 1. The van der Waals surface area contributed by atoms with E-state index in [0.29, 0.717) is 6.04 Å². The molecule has 0 aliphatic carbocycles. The number of aliphatic hydroxyl groups excluding tert-OH is 1. The summed E-state index contributed by atoms with van der Waals surface area (Å²) in [4.78, 5) is 7.25. The second-order valence-electron chi connectivity index (χ2n) is 7.93. The molecule has 0 amide bonds. The van der Waals surface area contributed by atoms with Crippen molar-refractivity contribution in [3.05, 3.63) is 57.8 Å². The van der Waals surface area contributed by atoms with Gasteiger partial charge in [0.15, 0.2) is 0 Å². The summed E-state index contributed by atoms with van der Waals surface area (Å²) < 4.78 is 0. The van der Waals surface area contributed by atoms with Gasteiger partial charge < -0.3 is 10.2 Å². The van der Waals surface area contributed by atoms with Crippen molar-refractivity contribution in [2.45, 2.75) is 45.0 Å². The largest absolute Gasteiger partial charge is 0.396 e. The lowest BCUT2D eigenvalue weighted by atomic mass is 10.1. The van der Waals surface area contributed by atoms with Crippen LogP contribution in [0.2, 0.25) is 0 Å². The number of thiophene rings is 1. The van der Waals surface area contributed by atoms with Crippen LogP contribution in [0, 0.1) is 11.8 Å². The third-order valence-electron chi connectivity index (χ3n) is 4.91. The maximum Gasteiger partial charge on any atom is 0.120 e. The van der Waals surface area contributed by atoms with Crippen LogP contribution in [0.4, 0.5) is 0 Å². The standard InChI is InChI=1S/C23H30N2O2S/c1-23(2,27)12-10-21-8-9-22(28-21)18-24-13-14-25(20(17-24)11-15-26)16-19-6-4-3-5-7-19/h3-9,20,26-27H,11,13-18H2,1-2H3/t20-/m1/s1. The van der Waals surface area contributed by atoms with Crippen LogP contribution in [0.1, 0.15) is 35.6 Å². The highest BCUT2D eigenvalue weighted by Crippen LogP contribution is 2.22. The molecule has 1 aliphatic heterocycles. The minimum Gasteiger partial charge on any atom is -0.396 e. The molecule has 0 unspecified atom stereocenters. The van der Waals surface area contributed by atoms with Gasteiger partial charge in [0.25, 0.3) is 0 Å². The molecule has 0 radical (unpaired) electrons. The number of hydrogen-bond acceptors (Lipinski definition) is 5. The van der Waals surface area contributed by atoms with Gasteiger partial charge in [-0.1, -0.05) is 42.2 Å². The smallest absolute Gasteiger partial charge is 0.120 e. The summed E-state index contributed by atoms with van der Waals surface area (Å²) in [5.41, 5.74) is 0.365. The Hall–Kier alpha value is -1.68. The Balaban J connectivity index is 1.59. The number of rotatable bonds is 6. The first-order chi connectivity index (χ1) is 13.4. The van der Waals surface area contributed by atoms with Crippen LogP contribution in [0.25, 0.3) is 0 Å². The van der Waals surface area contributed by atoms with E-state index in [2.05, 4.69) is 52.0 Å². The summed E-state index contributed by atoms with van der Waals surface area (Å²) >= 11 is 1.70. The van der Waals surface area contributed by atoms with Crippen molar-refractivity contribution in [2.75, 3.05) is 26.2 Å². The monoisotopic (exact) mass is 398 g/mol. The zero-order valence-electron chi connectivity index (χ0n) is 16.8. The van der Waals surface area contributed by atoms with Gasteiger partial charge in [0.1, 0.15) is 5.60 Å². The van der Waals surface area contributed by atoms with Gasteiger partial charge in [-0.3, -0.25) is 9.80 Å². The minimum atomic E-state index is -0.962. The predicted molar refractivity (Wildman–Crippen MR) is 115 cm³/mol. The van der Waals surface area contributed by atoms with Gasteiger partial charge >= 0.3 is 0 Å². The van der Waals surface area contributed by atoms with E-state index in [1.807, 2.05) is 12.1 Å². The van der Waals surface area contributed by atoms with E-state index >= 15 is 0 Å². The van der Waals surface area contributed by atoms with Gasteiger partial charge in [0.05, 0.1) is 4.88 Å². The van der Waals surface area contributed by atoms with Gasteiger partial charge in [0.2, 0.25) is 0 Å². The van der Waals surface area contributed by atoms with Gasteiger partial charge in [0, 0.05) is 50.2 Å². The van der Waals surface area contributed by atoms with Crippen molar-refractivity contribution >= 4 is 11.3 Å². The quantitative estimate of drug-likeness (QED) is 0.735. The van der Waals surface area contributed by atoms with E-state index < -0.39 is 5.60 Å². The Bertz CT molecular complexity index is 801. The summed E-state index contributed by atoms with van der Waals surface area (Å²) in [7, 11) is 0. The van der Waals surface area contributed by atoms with E-state index in [1.54, 1.807) is 25.2 Å². The zero-order valence-corrected chi connectivity index (χ0v) is 17.6. The van der Waals surface area contributed by atoms with Gasteiger partial charge in [-0.25, -0.2) is 0 Å². The second kappa shape index (κ2) is 9.69. The molecule has 0 bridgehead atoms. The van der Waals surface area contributed by atoms with Crippen molar-refractivity contribution in [2.24, 2.45) is 0 Å². The van der Waals surface area contributed by atoms with Crippen LogP contribution in [0.15, 0.2) is 42.5 Å². The van der Waals surface area contributed by atoms with E-state index in [-0.39, 0.29) is 6.61 Å². The number of benzene rings is 1. The van der Waals surface area contributed by atoms with Crippen LogP contribution < -0.4 is 0 Å². The minimum absolute atomic E-state index is 0.222. The van der Waals surface area contributed by atoms with Gasteiger partial charge in [-0.05, 0) is 38.0 Å². The summed E-state index contributed by atoms with van der Waals surface area (Å²) in [5, 5.41) is 19.3. The van der Waals surface area contributed by atoms with Crippen molar-refractivity contribution in [1.82, 2.24) is 9.80 Å². The maximum atomic E-state index is 9.75. The molecule has 4 nitrogen and oxygen atoms in total. The van der Waals surface area contributed by atoms with Crippen LogP contribution >= 0.6 is 11.3 Å². The van der Waals surface area contributed by atoms with E-state index in [0.717, 1.165) is 44.0 Å². The third kappa shape index (κ3) is 6.44. The van der Waals surface area contributed by atoms with Crippen LogP contribution in [0.3, 0.4) is 0 Å². The Morgan fingerprint density at radius 1 is 1.11 bits per heavy atom. The van der Waals surface area contributed by atoms with E-state index in [9.17, 15) is 10.2 Å². The van der Waals surface area contributed by atoms with Crippen molar-refractivity contribution < 1.29 is 10.2 Å². The van der Waals surface area contributed by atoms with E-state index in [1.165, 1.54) is 10.4 Å². The summed E-state index contributed by atoms with van der Waals surface area (Å²) in [6.07, 6.45) is 0.802. The fourth-order valence-electron chi connectivity index (χ4n) is 3.51. The highest BCUT2D eigenvalue weighted by Gasteiger charge is 2.26. The molecule has 3 rings (SSSR count). The van der Waals surface area contributed by atoms with Crippen molar-refractivity contribution in [1.29, 1.82) is 0 Å². The fourth-order valence-corrected chi connectivity index (χ4v) is 4.42. The lowest BCUT2D eigenvalue weighted by Gasteiger charge is -2.41. The molecule has 2 heterocycles. The normalized spacial score (nSPS) is 18.6. The van der Waals surface area contributed by atoms with Gasteiger partial charge in [-0.15, -0.1) is 11.3 Å². The number of aliphatic hydroxyl groups is 2. The Labute approximate surface area is 172 Å². The molecule has 1 aromatic carbocycles. The molecule has 2 aromatic rings. The number of hydrogen-bond donors (Lipinski definition) is 2. The first kappa shape index (κ1) is 21.0. The summed E-state index contributed by atoms with van der Waals surface area (Å²) in [6, 6.07) is 15.1.